The van der Waals surface area contributed by atoms with Gasteiger partial charge in [0.05, 0.1) is 6.54 Å². The molecule has 1 aliphatic rings. The maximum atomic E-state index is 11.2. The molecule has 1 aliphatic heterocycles. The number of hydrogen-bond donors (Lipinski definition) is 1. The van der Waals surface area contributed by atoms with Crippen LogP contribution in [-0.4, -0.2) is 29.8 Å². The lowest BCUT2D eigenvalue weighted by atomic mass is 10.2. The number of amides is 2. The van der Waals surface area contributed by atoms with Gasteiger partial charge >= 0.3 is 0 Å². The number of rotatable bonds is 4. The van der Waals surface area contributed by atoms with Crippen LogP contribution in [0.25, 0.3) is 0 Å². The van der Waals surface area contributed by atoms with Crippen LogP contribution in [0.1, 0.15) is 12.8 Å². The summed E-state index contributed by atoms with van der Waals surface area (Å²) in [4.78, 5) is 24.1. The lowest BCUT2D eigenvalue weighted by Gasteiger charge is -2.15. The molecule has 4 nitrogen and oxygen atoms in total. The van der Waals surface area contributed by atoms with Crippen LogP contribution >= 0.6 is 0 Å². The lowest BCUT2D eigenvalue weighted by molar-refractivity contribution is -0.127. The van der Waals surface area contributed by atoms with Gasteiger partial charge in [0.15, 0.2) is 0 Å². The van der Waals surface area contributed by atoms with Crippen molar-refractivity contribution in [2.75, 3.05) is 13.1 Å². The maximum Gasteiger partial charge on any atom is 0.252 e. The Morgan fingerprint density at radius 3 is 2.56 bits per heavy atom. The number of nitrogens with one attached hydrogen (secondary N) is 1. The average Bonchev–Trinajstić information content (AvgIpc) is 2.68. The molecule has 1 N–H and O–H groups in total. The molecule has 2 amide bonds. The number of carbonyl (C=O) groups is 2. The molecule has 0 radical (unpaired) electrons. The molecule has 0 bridgehead atoms. The third-order valence-corrected chi connectivity index (χ3v) is 2.11. The van der Waals surface area contributed by atoms with E-state index in [2.05, 4.69) is 31.6 Å². The molecule has 1 rings (SSSR count). The zero-order valence-electron chi connectivity index (χ0n) is 9.50. The van der Waals surface area contributed by atoms with Gasteiger partial charge < -0.3 is 10.2 Å². The minimum absolute atomic E-state index is 0.0950. The molecule has 1 saturated heterocycles. The van der Waals surface area contributed by atoms with Crippen LogP contribution < -0.4 is 5.32 Å². The predicted octanol–water partition coefficient (Wildman–Crippen LogP) is 1.23. The highest BCUT2D eigenvalue weighted by atomic mass is 16.2. The molecule has 16 heavy (non-hydrogen) atoms. The average molecular weight is 222 g/mol. The summed E-state index contributed by atoms with van der Waals surface area (Å²) in [6.45, 7) is 14.0. The number of hydrogen-bond acceptors (Lipinski definition) is 2. The van der Waals surface area contributed by atoms with Crippen molar-refractivity contribution in [3.8, 4) is 0 Å². The molecule has 1 fully saturated rings. The first-order chi connectivity index (χ1) is 7.65. The second kappa shape index (κ2) is 7.45. The Kier molecular flexibility index (Phi) is 6.59. The van der Waals surface area contributed by atoms with E-state index in [0.29, 0.717) is 18.5 Å². The van der Waals surface area contributed by atoms with Gasteiger partial charge in [-0.25, -0.2) is 0 Å². The van der Waals surface area contributed by atoms with Crippen LogP contribution in [0.15, 0.2) is 38.1 Å². The highest BCUT2D eigenvalue weighted by Gasteiger charge is 2.21. The zero-order valence-corrected chi connectivity index (χ0v) is 9.50. The molecule has 0 aromatic heterocycles. The lowest BCUT2D eigenvalue weighted by Crippen LogP contribution is -2.31. The van der Waals surface area contributed by atoms with E-state index >= 15 is 0 Å². The van der Waals surface area contributed by atoms with Crippen molar-refractivity contribution in [3.63, 3.8) is 0 Å². The SMILES string of the molecule is C=C.C=CNC(=O)C(=C)CN1CCCC1=O. The normalized spacial score (nSPS) is 13.8. The van der Waals surface area contributed by atoms with Crippen molar-refractivity contribution in [3.05, 3.63) is 38.1 Å². The Balaban J connectivity index is 0.00000106. The molecule has 0 atom stereocenters. The Hall–Kier alpha value is -1.84. The van der Waals surface area contributed by atoms with E-state index < -0.39 is 0 Å². The van der Waals surface area contributed by atoms with E-state index in [4.69, 9.17) is 0 Å². The molecular formula is C12H18N2O2. The minimum Gasteiger partial charge on any atom is -0.338 e. The van der Waals surface area contributed by atoms with E-state index in [9.17, 15) is 9.59 Å². The first kappa shape index (κ1) is 14.2. The Morgan fingerprint density at radius 1 is 1.50 bits per heavy atom. The van der Waals surface area contributed by atoms with Crippen molar-refractivity contribution >= 4 is 11.8 Å². The van der Waals surface area contributed by atoms with Crippen LogP contribution in [0, 0.1) is 0 Å². The minimum atomic E-state index is -0.278. The van der Waals surface area contributed by atoms with E-state index in [1.54, 1.807) is 4.90 Å². The van der Waals surface area contributed by atoms with Gasteiger partial charge in [-0.2, -0.15) is 0 Å². The number of likely N-dealkylation sites (tertiary alicyclic amines) is 1. The fourth-order valence-corrected chi connectivity index (χ4v) is 1.37. The highest BCUT2D eigenvalue weighted by molar-refractivity contribution is 5.94. The van der Waals surface area contributed by atoms with Crippen LogP contribution in [0.2, 0.25) is 0 Å². The van der Waals surface area contributed by atoms with E-state index in [-0.39, 0.29) is 11.8 Å². The second-order valence-corrected chi connectivity index (χ2v) is 3.20. The summed E-state index contributed by atoms with van der Waals surface area (Å²) in [5.74, 6) is -0.183. The van der Waals surface area contributed by atoms with Gasteiger partial charge in [0.25, 0.3) is 5.91 Å². The summed E-state index contributed by atoms with van der Waals surface area (Å²) >= 11 is 0. The van der Waals surface area contributed by atoms with Gasteiger partial charge in [-0.1, -0.05) is 13.2 Å². The standard InChI is InChI=1S/C10H14N2O2.C2H4/c1-3-11-10(14)8(2)7-12-6-4-5-9(12)13;1-2/h3H,1-2,4-7H2,(H,11,14);1-2H2. The highest BCUT2D eigenvalue weighted by Crippen LogP contribution is 2.10. The molecule has 0 aromatic rings. The smallest absolute Gasteiger partial charge is 0.252 e. The summed E-state index contributed by atoms with van der Waals surface area (Å²) in [5, 5.41) is 2.42. The largest absolute Gasteiger partial charge is 0.338 e. The Morgan fingerprint density at radius 2 is 2.12 bits per heavy atom. The van der Waals surface area contributed by atoms with Crippen molar-refractivity contribution in [2.24, 2.45) is 0 Å². The number of carbonyl (C=O) groups excluding carboxylic acids is 2. The molecule has 88 valence electrons. The third-order valence-electron chi connectivity index (χ3n) is 2.11. The summed E-state index contributed by atoms with van der Waals surface area (Å²) in [6, 6.07) is 0. The van der Waals surface area contributed by atoms with Gasteiger partial charge in [-0.15, -0.1) is 13.2 Å². The van der Waals surface area contributed by atoms with Crippen LogP contribution in [0.3, 0.4) is 0 Å². The second-order valence-electron chi connectivity index (χ2n) is 3.20. The van der Waals surface area contributed by atoms with Crippen molar-refractivity contribution < 1.29 is 9.59 Å². The molecule has 1 heterocycles. The molecular weight excluding hydrogens is 204 g/mol. The van der Waals surface area contributed by atoms with E-state index in [1.165, 1.54) is 6.20 Å². The summed E-state index contributed by atoms with van der Waals surface area (Å²) in [5.41, 5.74) is 0.389. The van der Waals surface area contributed by atoms with Gasteiger partial charge in [0.2, 0.25) is 5.91 Å². The topological polar surface area (TPSA) is 49.4 Å². The van der Waals surface area contributed by atoms with Crippen molar-refractivity contribution in [1.29, 1.82) is 0 Å². The first-order valence-electron chi connectivity index (χ1n) is 5.02. The third kappa shape index (κ3) is 4.13. The summed E-state index contributed by atoms with van der Waals surface area (Å²) < 4.78 is 0. The molecule has 0 aliphatic carbocycles. The quantitative estimate of drug-likeness (QED) is 0.574. The molecule has 0 spiro atoms. The van der Waals surface area contributed by atoms with Crippen LogP contribution in [0.5, 0.6) is 0 Å². The molecule has 0 saturated carbocycles. The first-order valence-corrected chi connectivity index (χ1v) is 5.02. The molecule has 4 heteroatoms. The fraction of sp³-hybridized carbons (Fsp3) is 0.333. The van der Waals surface area contributed by atoms with Gasteiger partial charge in [-0.3, -0.25) is 9.59 Å². The van der Waals surface area contributed by atoms with Crippen molar-refractivity contribution in [2.45, 2.75) is 12.8 Å². The van der Waals surface area contributed by atoms with E-state index in [1.807, 2.05) is 0 Å². The zero-order chi connectivity index (χ0) is 12.6. The van der Waals surface area contributed by atoms with Gasteiger partial charge in [-0.05, 0) is 12.6 Å². The van der Waals surface area contributed by atoms with Crippen LogP contribution in [0.4, 0.5) is 0 Å². The predicted molar refractivity (Wildman–Crippen MR) is 64.5 cm³/mol. The molecule has 0 unspecified atom stereocenters. The fourth-order valence-electron chi connectivity index (χ4n) is 1.37. The monoisotopic (exact) mass is 222 g/mol. The van der Waals surface area contributed by atoms with Crippen LogP contribution in [-0.2, 0) is 9.59 Å². The van der Waals surface area contributed by atoms with Crippen molar-refractivity contribution in [1.82, 2.24) is 10.2 Å². The maximum absolute atomic E-state index is 11.2. The van der Waals surface area contributed by atoms with E-state index in [0.717, 1.165) is 13.0 Å². The Labute approximate surface area is 96.3 Å². The number of nitrogens with zero attached hydrogens (tertiary/aromatic N) is 1. The summed E-state index contributed by atoms with van der Waals surface area (Å²) in [7, 11) is 0. The van der Waals surface area contributed by atoms with Gasteiger partial charge in [0.1, 0.15) is 0 Å². The molecule has 0 aromatic carbocycles. The Bertz CT molecular complexity index is 297. The van der Waals surface area contributed by atoms with Gasteiger partial charge in [0, 0.05) is 18.5 Å². The summed E-state index contributed by atoms with van der Waals surface area (Å²) in [6.07, 6.45) is 2.75.